The van der Waals surface area contributed by atoms with Crippen molar-refractivity contribution in [2.45, 2.75) is 19.3 Å². The van der Waals surface area contributed by atoms with Crippen molar-refractivity contribution in [1.82, 2.24) is 4.90 Å². The number of carbonyl (C=O) groups is 2. The maximum absolute atomic E-state index is 12.6. The van der Waals surface area contributed by atoms with E-state index in [0.29, 0.717) is 37.1 Å². The molecule has 0 bridgehead atoms. The van der Waals surface area contributed by atoms with Crippen LogP contribution in [0.15, 0.2) is 42.5 Å². The molecule has 0 N–H and O–H groups in total. The standard InChI is InChI=1S/C20H21N3O4/c1-21(2)20(25)16-6-3-14(4-7-16)5-10-19(24)22-12-11-15-8-9-17(23(26)27)13-18(15)22/h3-4,6-9,13H,5,10-12H2,1-2H3. The van der Waals surface area contributed by atoms with Gasteiger partial charge < -0.3 is 9.80 Å². The molecule has 27 heavy (non-hydrogen) atoms. The summed E-state index contributed by atoms with van der Waals surface area (Å²) in [5.41, 5.74) is 3.17. The van der Waals surface area contributed by atoms with Gasteiger partial charge in [0.2, 0.25) is 5.91 Å². The second-order valence-electron chi connectivity index (χ2n) is 6.76. The van der Waals surface area contributed by atoms with Crippen LogP contribution in [0.4, 0.5) is 11.4 Å². The number of aryl methyl sites for hydroxylation is 1. The van der Waals surface area contributed by atoms with Crippen molar-refractivity contribution in [3.05, 3.63) is 69.3 Å². The molecule has 0 saturated heterocycles. The Balaban J connectivity index is 1.65. The molecular formula is C20H21N3O4. The third-order valence-corrected chi connectivity index (χ3v) is 4.71. The molecule has 1 aliphatic rings. The molecule has 7 heteroatoms. The highest BCUT2D eigenvalue weighted by atomic mass is 16.6. The van der Waals surface area contributed by atoms with Gasteiger partial charge in [0, 0.05) is 44.8 Å². The largest absolute Gasteiger partial charge is 0.345 e. The van der Waals surface area contributed by atoms with E-state index in [-0.39, 0.29) is 17.5 Å². The Kier molecular flexibility index (Phi) is 5.21. The minimum absolute atomic E-state index is 0.00500. The summed E-state index contributed by atoms with van der Waals surface area (Å²) in [5, 5.41) is 11.0. The van der Waals surface area contributed by atoms with Crippen molar-refractivity contribution in [3.63, 3.8) is 0 Å². The fourth-order valence-corrected chi connectivity index (χ4v) is 3.20. The highest BCUT2D eigenvalue weighted by Crippen LogP contribution is 2.32. The number of benzene rings is 2. The lowest BCUT2D eigenvalue weighted by Crippen LogP contribution is -2.29. The Morgan fingerprint density at radius 3 is 2.48 bits per heavy atom. The average Bonchev–Trinajstić information content (AvgIpc) is 3.09. The quantitative estimate of drug-likeness (QED) is 0.601. The average molecular weight is 367 g/mol. The molecule has 2 aromatic rings. The number of hydrogen-bond acceptors (Lipinski definition) is 4. The lowest BCUT2D eigenvalue weighted by Gasteiger charge is -2.17. The van der Waals surface area contributed by atoms with Gasteiger partial charge in [-0.3, -0.25) is 19.7 Å². The maximum atomic E-state index is 12.6. The monoisotopic (exact) mass is 367 g/mol. The van der Waals surface area contributed by atoms with E-state index in [2.05, 4.69) is 0 Å². The molecule has 0 fully saturated rings. The molecule has 2 aromatic carbocycles. The first-order chi connectivity index (χ1) is 12.9. The van der Waals surface area contributed by atoms with E-state index in [9.17, 15) is 19.7 Å². The smallest absolute Gasteiger partial charge is 0.271 e. The van der Waals surface area contributed by atoms with E-state index >= 15 is 0 Å². The summed E-state index contributed by atoms with van der Waals surface area (Å²) < 4.78 is 0. The predicted octanol–water partition coefficient (Wildman–Crippen LogP) is 2.82. The SMILES string of the molecule is CN(C)C(=O)c1ccc(CCC(=O)N2CCc3ccc([N+](=O)[O-])cc32)cc1. The lowest BCUT2D eigenvalue weighted by molar-refractivity contribution is -0.384. The molecule has 1 heterocycles. The summed E-state index contributed by atoms with van der Waals surface area (Å²) in [5.74, 6) is -0.115. The van der Waals surface area contributed by atoms with E-state index in [1.165, 1.54) is 17.0 Å². The van der Waals surface area contributed by atoms with Crippen LogP contribution in [0.3, 0.4) is 0 Å². The van der Waals surface area contributed by atoms with Crippen LogP contribution in [0.2, 0.25) is 0 Å². The molecule has 3 rings (SSSR count). The van der Waals surface area contributed by atoms with E-state index in [1.807, 2.05) is 12.1 Å². The van der Waals surface area contributed by atoms with Crippen LogP contribution in [-0.4, -0.2) is 42.3 Å². The number of anilines is 1. The topological polar surface area (TPSA) is 83.8 Å². The zero-order valence-electron chi connectivity index (χ0n) is 15.3. The highest BCUT2D eigenvalue weighted by molar-refractivity contribution is 5.96. The molecule has 140 valence electrons. The van der Waals surface area contributed by atoms with E-state index in [0.717, 1.165) is 11.1 Å². The fraction of sp³-hybridized carbons (Fsp3) is 0.300. The molecule has 0 atom stereocenters. The number of nitro groups is 1. The van der Waals surface area contributed by atoms with Gasteiger partial charge in [-0.1, -0.05) is 18.2 Å². The van der Waals surface area contributed by atoms with Gasteiger partial charge in [-0.25, -0.2) is 0 Å². The number of non-ortho nitro benzene ring substituents is 1. The van der Waals surface area contributed by atoms with E-state index in [1.54, 1.807) is 37.2 Å². The van der Waals surface area contributed by atoms with Crippen molar-refractivity contribution < 1.29 is 14.5 Å². The van der Waals surface area contributed by atoms with Gasteiger partial charge in [-0.15, -0.1) is 0 Å². The van der Waals surface area contributed by atoms with Crippen molar-refractivity contribution in [3.8, 4) is 0 Å². The predicted molar refractivity (Wildman–Crippen MR) is 102 cm³/mol. The molecule has 0 spiro atoms. The van der Waals surface area contributed by atoms with Crippen molar-refractivity contribution in [2.24, 2.45) is 0 Å². The maximum Gasteiger partial charge on any atom is 0.271 e. The number of amides is 2. The summed E-state index contributed by atoms with van der Waals surface area (Å²) >= 11 is 0. The Morgan fingerprint density at radius 2 is 1.85 bits per heavy atom. The normalized spacial score (nSPS) is 12.6. The third kappa shape index (κ3) is 3.97. The van der Waals surface area contributed by atoms with Gasteiger partial charge in [0.05, 0.1) is 10.6 Å². The van der Waals surface area contributed by atoms with Crippen LogP contribution < -0.4 is 4.90 Å². The molecule has 0 aliphatic carbocycles. The van der Waals surface area contributed by atoms with Gasteiger partial charge in [-0.2, -0.15) is 0 Å². The molecule has 0 radical (unpaired) electrons. The first-order valence-electron chi connectivity index (χ1n) is 8.75. The van der Waals surface area contributed by atoms with Crippen LogP contribution in [0.25, 0.3) is 0 Å². The number of hydrogen-bond donors (Lipinski definition) is 0. The van der Waals surface area contributed by atoms with Gasteiger partial charge in [0.25, 0.3) is 11.6 Å². The zero-order chi connectivity index (χ0) is 19.6. The number of fused-ring (bicyclic) bond motifs is 1. The molecule has 0 saturated carbocycles. The second-order valence-corrected chi connectivity index (χ2v) is 6.76. The Hall–Kier alpha value is -3.22. The molecular weight excluding hydrogens is 346 g/mol. The van der Waals surface area contributed by atoms with Gasteiger partial charge in [0.1, 0.15) is 0 Å². The van der Waals surface area contributed by atoms with Crippen molar-refractivity contribution in [1.29, 1.82) is 0 Å². The van der Waals surface area contributed by atoms with Crippen LogP contribution in [0.5, 0.6) is 0 Å². The van der Waals surface area contributed by atoms with Gasteiger partial charge in [-0.05, 0) is 36.1 Å². The first kappa shape index (κ1) is 18.6. The Morgan fingerprint density at radius 1 is 1.15 bits per heavy atom. The molecule has 0 aromatic heterocycles. The Bertz CT molecular complexity index is 891. The molecule has 1 aliphatic heterocycles. The zero-order valence-corrected chi connectivity index (χ0v) is 15.3. The fourth-order valence-electron chi connectivity index (χ4n) is 3.20. The molecule has 7 nitrogen and oxygen atoms in total. The summed E-state index contributed by atoms with van der Waals surface area (Å²) in [6.07, 6.45) is 1.57. The molecule has 0 unspecified atom stereocenters. The number of carbonyl (C=O) groups excluding carboxylic acids is 2. The van der Waals surface area contributed by atoms with E-state index < -0.39 is 4.92 Å². The summed E-state index contributed by atoms with van der Waals surface area (Å²) in [7, 11) is 3.40. The van der Waals surface area contributed by atoms with Gasteiger partial charge in [0.15, 0.2) is 0 Å². The number of rotatable bonds is 5. The van der Waals surface area contributed by atoms with Crippen LogP contribution in [-0.2, 0) is 17.6 Å². The summed E-state index contributed by atoms with van der Waals surface area (Å²) in [6.45, 7) is 0.547. The molecule has 2 amide bonds. The van der Waals surface area contributed by atoms with Crippen molar-refractivity contribution in [2.75, 3.05) is 25.5 Å². The minimum Gasteiger partial charge on any atom is -0.345 e. The van der Waals surface area contributed by atoms with Gasteiger partial charge >= 0.3 is 0 Å². The van der Waals surface area contributed by atoms with Crippen molar-refractivity contribution >= 4 is 23.2 Å². The lowest BCUT2D eigenvalue weighted by atomic mass is 10.1. The van der Waals surface area contributed by atoms with Crippen LogP contribution in [0, 0.1) is 10.1 Å². The summed E-state index contributed by atoms with van der Waals surface area (Å²) in [6, 6.07) is 11.9. The first-order valence-corrected chi connectivity index (χ1v) is 8.75. The van der Waals surface area contributed by atoms with E-state index in [4.69, 9.17) is 0 Å². The summed E-state index contributed by atoms with van der Waals surface area (Å²) in [4.78, 5) is 38.2. The number of nitrogens with zero attached hydrogens (tertiary/aromatic N) is 3. The number of nitro benzene ring substituents is 1. The second kappa shape index (κ2) is 7.57. The van der Waals surface area contributed by atoms with Crippen LogP contribution >= 0.6 is 0 Å². The van der Waals surface area contributed by atoms with Crippen LogP contribution in [0.1, 0.15) is 27.9 Å². The third-order valence-electron chi connectivity index (χ3n) is 4.71. The minimum atomic E-state index is -0.447. The highest BCUT2D eigenvalue weighted by Gasteiger charge is 2.26. The Labute approximate surface area is 157 Å².